The van der Waals surface area contributed by atoms with E-state index in [4.69, 9.17) is 16.3 Å². The minimum absolute atomic E-state index is 0.0910. The number of benzene rings is 2. The summed E-state index contributed by atoms with van der Waals surface area (Å²) in [6, 6.07) is 15.2. The van der Waals surface area contributed by atoms with E-state index in [0.717, 1.165) is 49.6 Å². The Morgan fingerprint density at radius 2 is 1.76 bits per heavy atom. The van der Waals surface area contributed by atoms with Gasteiger partial charge in [0.2, 0.25) is 5.91 Å². The van der Waals surface area contributed by atoms with Gasteiger partial charge in [-0.25, -0.2) is 0 Å². The third-order valence-corrected chi connectivity index (χ3v) is 5.42. The van der Waals surface area contributed by atoms with Crippen molar-refractivity contribution in [3.63, 3.8) is 0 Å². The van der Waals surface area contributed by atoms with Crippen LogP contribution in [0.2, 0.25) is 5.02 Å². The monoisotopic (exact) mass is 413 g/mol. The summed E-state index contributed by atoms with van der Waals surface area (Å²) in [4.78, 5) is 17.3. The molecule has 1 amide bonds. The van der Waals surface area contributed by atoms with E-state index in [1.54, 1.807) is 19.3 Å². The van der Waals surface area contributed by atoms with Gasteiger partial charge in [0.15, 0.2) is 0 Å². The molecule has 0 spiro atoms. The summed E-state index contributed by atoms with van der Waals surface area (Å²) in [6.45, 7) is 4.86. The lowest BCUT2D eigenvalue weighted by atomic mass is 10.1. The largest absolute Gasteiger partial charge is 0.497 e. The fourth-order valence-corrected chi connectivity index (χ4v) is 3.45. The molecule has 0 radical (unpaired) electrons. The number of rotatable bonds is 7. The molecule has 1 atom stereocenters. The Balaban J connectivity index is 1.69. The molecule has 0 saturated carbocycles. The zero-order chi connectivity index (χ0) is 20.6. The highest BCUT2D eigenvalue weighted by molar-refractivity contribution is 6.30. The van der Waals surface area contributed by atoms with Crippen LogP contribution in [-0.4, -0.2) is 62.6 Å². The minimum atomic E-state index is -0.116. The Kier molecular flexibility index (Phi) is 7.69. The summed E-state index contributed by atoms with van der Waals surface area (Å²) in [5, 5.41) is 3.84. The molecule has 1 aliphatic heterocycles. The standard InChI is InChI=1S/C23H28ClN3O2/c1-26-13-15-27(16-14-26)17-22(19-6-10-21(29-2)11-7-19)25-23(28)12-5-18-3-8-20(24)9-4-18/h3-12,22H,13-17H2,1-2H3,(H,25,28)/b12-5+/t22-/m0/s1. The molecule has 2 aromatic rings. The van der Waals surface area contributed by atoms with Gasteiger partial charge in [-0.05, 0) is 48.5 Å². The van der Waals surface area contributed by atoms with Crippen molar-refractivity contribution in [2.45, 2.75) is 6.04 Å². The van der Waals surface area contributed by atoms with Gasteiger partial charge >= 0.3 is 0 Å². The van der Waals surface area contributed by atoms with Gasteiger partial charge in [0.05, 0.1) is 13.2 Å². The van der Waals surface area contributed by atoms with Crippen LogP contribution in [0.1, 0.15) is 17.2 Å². The molecule has 1 saturated heterocycles. The minimum Gasteiger partial charge on any atom is -0.497 e. The first-order valence-corrected chi connectivity index (χ1v) is 10.2. The highest BCUT2D eigenvalue weighted by atomic mass is 35.5. The number of methoxy groups -OCH3 is 1. The lowest BCUT2D eigenvalue weighted by Crippen LogP contribution is -2.47. The van der Waals surface area contributed by atoms with Crippen LogP contribution < -0.4 is 10.1 Å². The highest BCUT2D eigenvalue weighted by Crippen LogP contribution is 2.20. The zero-order valence-electron chi connectivity index (χ0n) is 17.0. The maximum Gasteiger partial charge on any atom is 0.244 e. The number of nitrogens with zero attached hydrogens (tertiary/aromatic N) is 2. The number of amides is 1. The number of carbonyl (C=O) groups is 1. The summed E-state index contributed by atoms with van der Waals surface area (Å²) >= 11 is 5.91. The number of carbonyl (C=O) groups excluding carboxylic acids is 1. The molecule has 2 aromatic carbocycles. The first kappa shape index (κ1) is 21.4. The van der Waals surface area contributed by atoms with Crippen LogP contribution in [0.4, 0.5) is 0 Å². The summed E-state index contributed by atoms with van der Waals surface area (Å²) < 4.78 is 5.26. The van der Waals surface area contributed by atoms with E-state index in [2.05, 4.69) is 22.2 Å². The number of hydrogen-bond donors (Lipinski definition) is 1. The molecule has 3 rings (SSSR count). The van der Waals surface area contributed by atoms with Crippen LogP contribution in [0, 0.1) is 0 Å². The van der Waals surface area contributed by atoms with E-state index in [1.165, 1.54) is 0 Å². The summed E-state index contributed by atoms with van der Waals surface area (Å²) in [7, 11) is 3.79. The summed E-state index contributed by atoms with van der Waals surface area (Å²) in [6.07, 6.45) is 3.37. The first-order valence-electron chi connectivity index (χ1n) is 9.82. The molecule has 0 aromatic heterocycles. The SMILES string of the molecule is COc1ccc([C@H](CN2CCN(C)CC2)NC(=O)/C=C/c2ccc(Cl)cc2)cc1. The molecule has 29 heavy (non-hydrogen) atoms. The van der Waals surface area contributed by atoms with Crippen LogP contribution in [0.15, 0.2) is 54.6 Å². The fourth-order valence-electron chi connectivity index (χ4n) is 3.32. The third-order valence-electron chi connectivity index (χ3n) is 5.17. The number of halogens is 1. The number of piperazine rings is 1. The van der Waals surface area contributed by atoms with Gasteiger partial charge in [-0.1, -0.05) is 35.9 Å². The normalized spacial score (nSPS) is 16.7. The van der Waals surface area contributed by atoms with Gasteiger partial charge in [-0.3, -0.25) is 9.69 Å². The average molecular weight is 414 g/mol. The van der Waals surface area contributed by atoms with Crippen molar-refractivity contribution < 1.29 is 9.53 Å². The molecule has 5 nitrogen and oxygen atoms in total. The van der Waals surface area contributed by atoms with E-state index >= 15 is 0 Å². The van der Waals surface area contributed by atoms with Crippen LogP contribution in [0.5, 0.6) is 5.75 Å². The third kappa shape index (κ3) is 6.60. The molecular formula is C23H28ClN3O2. The van der Waals surface area contributed by atoms with Crippen molar-refractivity contribution in [1.29, 1.82) is 0 Å². The van der Waals surface area contributed by atoms with Crippen molar-refractivity contribution in [1.82, 2.24) is 15.1 Å². The Morgan fingerprint density at radius 3 is 2.38 bits per heavy atom. The first-order chi connectivity index (χ1) is 14.0. The van der Waals surface area contributed by atoms with Crippen molar-refractivity contribution in [3.05, 3.63) is 70.8 Å². The predicted octanol–water partition coefficient (Wildman–Crippen LogP) is 3.47. The van der Waals surface area contributed by atoms with Crippen molar-refractivity contribution >= 4 is 23.6 Å². The predicted molar refractivity (Wildman–Crippen MR) is 118 cm³/mol. The Hall–Kier alpha value is -2.34. The second-order valence-electron chi connectivity index (χ2n) is 7.32. The molecule has 1 N–H and O–H groups in total. The van der Waals surface area contributed by atoms with Crippen LogP contribution in [0.25, 0.3) is 6.08 Å². The molecular weight excluding hydrogens is 386 g/mol. The van der Waals surface area contributed by atoms with E-state index in [-0.39, 0.29) is 11.9 Å². The average Bonchev–Trinajstić information content (AvgIpc) is 2.74. The summed E-state index contributed by atoms with van der Waals surface area (Å²) in [5.74, 6) is 0.691. The van der Waals surface area contributed by atoms with E-state index in [0.29, 0.717) is 5.02 Å². The lowest BCUT2D eigenvalue weighted by Gasteiger charge is -2.35. The molecule has 6 heteroatoms. The number of ether oxygens (including phenoxy) is 1. The Labute approximate surface area is 177 Å². The van der Waals surface area contributed by atoms with Crippen LogP contribution in [0.3, 0.4) is 0 Å². The van der Waals surface area contributed by atoms with E-state index in [1.807, 2.05) is 48.5 Å². The molecule has 0 bridgehead atoms. The molecule has 0 aliphatic carbocycles. The highest BCUT2D eigenvalue weighted by Gasteiger charge is 2.20. The van der Waals surface area contributed by atoms with Crippen molar-refractivity contribution in [3.8, 4) is 5.75 Å². The zero-order valence-corrected chi connectivity index (χ0v) is 17.7. The number of hydrogen-bond acceptors (Lipinski definition) is 4. The lowest BCUT2D eigenvalue weighted by molar-refractivity contribution is -0.117. The van der Waals surface area contributed by atoms with Gasteiger partial charge < -0.3 is 15.0 Å². The second kappa shape index (κ2) is 10.4. The Morgan fingerprint density at radius 1 is 1.10 bits per heavy atom. The molecule has 1 aliphatic rings. The maximum atomic E-state index is 12.6. The van der Waals surface area contributed by atoms with Crippen LogP contribution >= 0.6 is 11.6 Å². The van der Waals surface area contributed by atoms with Crippen molar-refractivity contribution in [2.24, 2.45) is 0 Å². The van der Waals surface area contributed by atoms with Gasteiger partial charge in [-0.2, -0.15) is 0 Å². The maximum absolute atomic E-state index is 12.6. The van der Waals surface area contributed by atoms with Gasteiger partial charge in [0.1, 0.15) is 5.75 Å². The van der Waals surface area contributed by atoms with E-state index < -0.39 is 0 Å². The topological polar surface area (TPSA) is 44.8 Å². The molecule has 154 valence electrons. The van der Waals surface area contributed by atoms with Crippen molar-refractivity contribution in [2.75, 3.05) is 46.9 Å². The van der Waals surface area contributed by atoms with Gasteiger partial charge in [0, 0.05) is 43.8 Å². The second-order valence-corrected chi connectivity index (χ2v) is 7.76. The molecule has 1 fully saturated rings. The smallest absolute Gasteiger partial charge is 0.244 e. The van der Waals surface area contributed by atoms with Crippen LogP contribution in [-0.2, 0) is 4.79 Å². The molecule has 1 heterocycles. The Bertz CT molecular complexity index is 813. The van der Waals surface area contributed by atoms with E-state index in [9.17, 15) is 4.79 Å². The number of likely N-dealkylation sites (N-methyl/N-ethyl adjacent to an activating group) is 1. The fraction of sp³-hybridized carbons (Fsp3) is 0.348. The van der Waals surface area contributed by atoms with Gasteiger partial charge in [0.25, 0.3) is 0 Å². The molecule has 0 unspecified atom stereocenters. The summed E-state index contributed by atoms with van der Waals surface area (Å²) in [5.41, 5.74) is 2.00. The van der Waals surface area contributed by atoms with Gasteiger partial charge in [-0.15, -0.1) is 0 Å². The number of nitrogens with one attached hydrogen (secondary N) is 1. The quantitative estimate of drug-likeness (QED) is 0.706.